The second-order valence-corrected chi connectivity index (χ2v) is 12.8. The first-order chi connectivity index (χ1) is 29.5. The van der Waals surface area contributed by atoms with Crippen LogP contribution in [0.5, 0.6) is 11.8 Å². The van der Waals surface area contributed by atoms with Crippen LogP contribution in [0.15, 0.2) is 97.8 Å². The quantitative estimate of drug-likeness (QED) is 0.132. The van der Waals surface area contributed by atoms with Gasteiger partial charge in [0.25, 0.3) is 12.9 Å². The molecule has 8 rings (SSSR count). The molecule has 23 heteroatoms. The third-order valence-electron chi connectivity index (χ3n) is 8.79. The maximum atomic E-state index is 12.8. The summed E-state index contributed by atoms with van der Waals surface area (Å²) in [6.07, 6.45) is 0.744. The number of aliphatic hydroxyl groups is 1. The van der Waals surface area contributed by atoms with E-state index in [0.717, 1.165) is 0 Å². The van der Waals surface area contributed by atoms with Crippen molar-refractivity contribution in [1.82, 2.24) is 69.5 Å². The number of aromatic nitrogens is 14. The molecule has 2 N–H and O–H groups in total. The highest BCUT2D eigenvalue weighted by molar-refractivity contribution is 5.85. The standard InChI is InChI=1S/C19H15F2N7O3.C19H17F2N7O2/c1-11-15(28(26-23-11)13-4-2-12(3-5-13)18(20)21)9-31-17-7-6-16(24-25-17)27-8-14(19(29)30)22-10-27;1-12-16(28(26-23-12)15-4-2-13(3-5-15)19(20)21)10-30-18-7-6-17(24-25-18)27-8-14(9-29)22-11-27/h2-8,10,18H,9H2,1H3,(H,29,30);2-8,11,19,29H,9-10H2,1H3. The normalized spacial score (nSPS) is 11.2. The Morgan fingerprint density at radius 3 is 1.46 bits per heavy atom. The Morgan fingerprint density at radius 2 is 1.08 bits per heavy atom. The molecule has 0 spiro atoms. The average molecular weight is 841 g/mol. The van der Waals surface area contributed by atoms with Crippen LogP contribution in [0.1, 0.15) is 62.9 Å². The Hall–Kier alpha value is -7.95. The zero-order valence-corrected chi connectivity index (χ0v) is 31.9. The van der Waals surface area contributed by atoms with Crippen LogP contribution < -0.4 is 9.47 Å². The number of ether oxygens (including phenoxy) is 2. The number of alkyl halides is 4. The largest absolute Gasteiger partial charge is 0.476 e. The van der Waals surface area contributed by atoms with E-state index in [1.165, 1.54) is 69.2 Å². The molecule has 0 atom stereocenters. The van der Waals surface area contributed by atoms with Gasteiger partial charge in [-0.15, -0.1) is 30.6 Å². The number of hydrogen-bond donors (Lipinski definition) is 2. The monoisotopic (exact) mass is 840 g/mol. The van der Waals surface area contributed by atoms with Crippen LogP contribution in [0.4, 0.5) is 17.6 Å². The number of carbonyl (C=O) groups is 1. The number of hydrogen-bond acceptors (Lipinski definition) is 14. The molecular weight excluding hydrogens is 809 g/mol. The van der Waals surface area contributed by atoms with Gasteiger partial charge in [-0.1, -0.05) is 34.7 Å². The maximum Gasteiger partial charge on any atom is 0.356 e. The second-order valence-electron chi connectivity index (χ2n) is 12.8. The Balaban J connectivity index is 0.000000184. The molecule has 8 aromatic rings. The zero-order valence-electron chi connectivity index (χ0n) is 31.9. The van der Waals surface area contributed by atoms with Crippen molar-refractivity contribution in [3.8, 4) is 34.8 Å². The molecule has 6 heterocycles. The van der Waals surface area contributed by atoms with Gasteiger partial charge in [0.05, 0.1) is 35.1 Å². The van der Waals surface area contributed by atoms with Crippen LogP contribution >= 0.6 is 0 Å². The number of benzene rings is 2. The Labute approximate surface area is 341 Å². The number of aryl methyl sites for hydroxylation is 2. The molecule has 0 radical (unpaired) electrons. The van der Waals surface area contributed by atoms with Crippen LogP contribution in [0.2, 0.25) is 0 Å². The molecule has 0 saturated heterocycles. The summed E-state index contributed by atoms with van der Waals surface area (Å²) in [6, 6.07) is 18.1. The van der Waals surface area contributed by atoms with Gasteiger partial charge in [-0.05, 0) is 50.2 Å². The summed E-state index contributed by atoms with van der Waals surface area (Å²) >= 11 is 0. The predicted octanol–water partition coefficient (Wildman–Crippen LogP) is 5.33. The lowest BCUT2D eigenvalue weighted by Crippen LogP contribution is -2.08. The van der Waals surface area contributed by atoms with E-state index in [2.05, 4.69) is 51.0 Å². The highest BCUT2D eigenvalue weighted by atomic mass is 19.3. The van der Waals surface area contributed by atoms with Crippen molar-refractivity contribution in [2.24, 2.45) is 0 Å². The van der Waals surface area contributed by atoms with Crippen molar-refractivity contribution in [3.05, 3.63) is 143 Å². The molecule has 0 unspecified atom stereocenters. The van der Waals surface area contributed by atoms with E-state index in [4.69, 9.17) is 19.7 Å². The number of carboxylic acid groups (broad SMARTS) is 1. The van der Waals surface area contributed by atoms with E-state index in [-0.39, 0.29) is 42.5 Å². The molecule has 2 aromatic carbocycles. The van der Waals surface area contributed by atoms with Crippen molar-refractivity contribution in [1.29, 1.82) is 0 Å². The summed E-state index contributed by atoms with van der Waals surface area (Å²) < 4.78 is 68.6. The third kappa shape index (κ3) is 9.68. The van der Waals surface area contributed by atoms with Crippen LogP contribution in [0.25, 0.3) is 23.0 Å². The van der Waals surface area contributed by atoms with E-state index in [0.29, 0.717) is 57.4 Å². The minimum Gasteiger partial charge on any atom is -0.476 e. The van der Waals surface area contributed by atoms with E-state index >= 15 is 0 Å². The minimum absolute atomic E-state index is 0.0623. The van der Waals surface area contributed by atoms with Crippen molar-refractivity contribution >= 4 is 5.97 Å². The number of halogens is 4. The number of carboxylic acids is 1. The smallest absolute Gasteiger partial charge is 0.356 e. The van der Waals surface area contributed by atoms with E-state index in [1.54, 1.807) is 61.0 Å². The van der Waals surface area contributed by atoms with Crippen molar-refractivity contribution in [2.45, 2.75) is 46.5 Å². The maximum absolute atomic E-state index is 12.8. The number of rotatable bonds is 14. The topological polar surface area (TPSA) is 225 Å². The molecule has 19 nitrogen and oxygen atoms in total. The summed E-state index contributed by atoms with van der Waals surface area (Å²) in [6.45, 7) is 3.56. The fourth-order valence-electron chi connectivity index (χ4n) is 5.49. The highest BCUT2D eigenvalue weighted by Crippen LogP contribution is 2.23. The van der Waals surface area contributed by atoms with Gasteiger partial charge >= 0.3 is 5.97 Å². The first kappa shape index (κ1) is 41.2. The Kier molecular flexibility index (Phi) is 12.4. The first-order valence-electron chi connectivity index (χ1n) is 17.9. The van der Waals surface area contributed by atoms with Crippen LogP contribution in [0.3, 0.4) is 0 Å². The van der Waals surface area contributed by atoms with Crippen LogP contribution in [0, 0.1) is 13.8 Å². The van der Waals surface area contributed by atoms with Gasteiger partial charge in [0.15, 0.2) is 17.3 Å². The summed E-state index contributed by atoms with van der Waals surface area (Å²) in [5, 5.41) is 50.3. The molecule has 61 heavy (non-hydrogen) atoms. The first-order valence-corrected chi connectivity index (χ1v) is 17.9. The highest BCUT2D eigenvalue weighted by Gasteiger charge is 2.16. The predicted molar refractivity (Wildman–Crippen MR) is 202 cm³/mol. The minimum atomic E-state index is -2.55. The number of nitrogens with zero attached hydrogens (tertiary/aromatic N) is 14. The van der Waals surface area contributed by atoms with Gasteiger partial charge in [-0.2, -0.15) is 0 Å². The number of aromatic carboxylic acids is 1. The van der Waals surface area contributed by atoms with Gasteiger partial charge in [0.2, 0.25) is 11.8 Å². The SMILES string of the molecule is Cc1nnn(-c2ccc(C(F)F)cc2)c1COc1ccc(-n2cnc(C(=O)O)c2)nn1.Cc1nnn(-c2ccc(C(F)F)cc2)c1COc1ccc(-n2cnc(CO)c2)nn1. The van der Waals surface area contributed by atoms with Crippen molar-refractivity contribution in [3.63, 3.8) is 0 Å². The molecule has 6 aromatic heterocycles. The molecule has 0 fully saturated rings. The lowest BCUT2D eigenvalue weighted by atomic mass is 10.2. The van der Waals surface area contributed by atoms with Crippen molar-refractivity contribution < 1.29 is 42.0 Å². The molecule has 312 valence electrons. The summed E-state index contributed by atoms with van der Waals surface area (Å²) in [5.74, 6) is 0.269. The summed E-state index contributed by atoms with van der Waals surface area (Å²) in [5.41, 5.74) is 3.97. The summed E-state index contributed by atoms with van der Waals surface area (Å²) in [4.78, 5) is 18.7. The van der Waals surface area contributed by atoms with E-state index < -0.39 is 18.8 Å². The van der Waals surface area contributed by atoms with Crippen molar-refractivity contribution in [2.75, 3.05) is 0 Å². The Morgan fingerprint density at radius 1 is 0.623 bits per heavy atom. The van der Waals surface area contributed by atoms with Gasteiger partial charge in [0.1, 0.15) is 37.3 Å². The van der Waals surface area contributed by atoms with Crippen LogP contribution in [-0.2, 0) is 19.8 Å². The molecule has 0 saturated carbocycles. The fraction of sp³-hybridized carbons (Fsp3) is 0.184. The van der Waals surface area contributed by atoms with E-state index in [1.807, 2.05) is 0 Å². The molecule has 0 amide bonds. The van der Waals surface area contributed by atoms with E-state index in [9.17, 15) is 22.4 Å². The number of imidazole rings is 2. The summed E-state index contributed by atoms with van der Waals surface area (Å²) in [7, 11) is 0. The average Bonchev–Trinajstić information content (AvgIpc) is 4.10. The number of aliphatic hydroxyl groups excluding tert-OH is 1. The fourth-order valence-corrected chi connectivity index (χ4v) is 5.49. The molecular formula is C38H32F4N14O5. The lowest BCUT2D eigenvalue weighted by Gasteiger charge is -2.09. The molecule has 0 aliphatic rings. The molecule has 0 aliphatic carbocycles. The molecule has 0 bridgehead atoms. The van der Waals surface area contributed by atoms with Gasteiger partial charge in [0, 0.05) is 35.7 Å². The zero-order chi connectivity index (χ0) is 43.0. The van der Waals surface area contributed by atoms with Gasteiger partial charge in [-0.3, -0.25) is 9.13 Å². The molecule has 0 aliphatic heterocycles. The third-order valence-corrected chi connectivity index (χ3v) is 8.79. The second kappa shape index (κ2) is 18.3. The van der Waals surface area contributed by atoms with Crippen LogP contribution in [-0.4, -0.2) is 85.7 Å². The van der Waals surface area contributed by atoms with Gasteiger partial charge < -0.3 is 19.7 Å². The Bertz CT molecular complexity index is 2700. The lowest BCUT2D eigenvalue weighted by molar-refractivity contribution is 0.0691. The van der Waals surface area contributed by atoms with Gasteiger partial charge in [-0.25, -0.2) is 41.7 Å².